The van der Waals surface area contributed by atoms with Crippen LogP contribution in [0.15, 0.2) is 14.8 Å². The fourth-order valence-electron chi connectivity index (χ4n) is 2.30. The summed E-state index contributed by atoms with van der Waals surface area (Å²) >= 11 is 2.94. The van der Waals surface area contributed by atoms with Gasteiger partial charge in [-0.25, -0.2) is 4.98 Å². The first-order chi connectivity index (χ1) is 10.2. The third-order valence-electron chi connectivity index (χ3n) is 3.13. The zero-order valence-corrected chi connectivity index (χ0v) is 15.4. The quantitative estimate of drug-likeness (QED) is 0.672. The molecule has 0 saturated carbocycles. The van der Waals surface area contributed by atoms with Gasteiger partial charge in [-0.3, -0.25) is 14.2 Å². The molecule has 0 aromatic carbocycles. The number of carbonyl (C=O) groups is 1. The van der Waals surface area contributed by atoms with Gasteiger partial charge in [-0.05, 0) is 27.7 Å². The summed E-state index contributed by atoms with van der Waals surface area (Å²) in [6.07, 6.45) is 0.821. The van der Waals surface area contributed by atoms with Crippen LogP contribution in [0.25, 0.3) is 0 Å². The Bertz CT molecular complexity index is 635. The maximum Gasteiger partial charge on any atom is 0.268 e. The molecule has 2 rings (SSSR count). The molecule has 1 atom stereocenters. The zero-order valence-electron chi connectivity index (χ0n) is 13.7. The molecule has 1 unspecified atom stereocenters. The van der Waals surface area contributed by atoms with Crippen LogP contribution in [0.2, 0.25) is 0 Å². The summed E-state index contributed by atoms with van der Waals surface area (Å²) in [5, 5.41) is 3.96. The predicted octanol–water partition coefficient (Wildman–Crippen LogP) is 2.31. The molecule has 1 amide bonds. The van der Waals surface area contributed by atoms with Gasteiger partial charge >= 0.3 is 0 Å². The number of nitrogens with one attached hydrogen (secondary N) is 1. The van der Waals surface area contributed by atoms with E-state index < -0.39 is 0 Å². The second kappa shape index (κ2) is 6.66. The van der Waals surface area contributed by atoms with Crippen LogP contribution in [0, 0.1) is 0 Å². The number of thioether (sulfide) groups is 2. The lowest BCUT2D eigenvalue weighted by Crippen LogP contribution is -2.41. The van der Waals surface area contributed by atoms with Gasteiger partial charge < -0.3 is 5.32 Å². The normalized spacial score (nSPS) is 17.4. The maximum absolute atomic E-state index is 12.5. The molecule has 7 heteroatoms. The summed E-state index contributed by atoms with van der Waals surface area (Å²) in [5.74, 6) is 0.225. The average molecular weight is 342 g/mol. The van der Waals surface area contributed by atoms with E-state index >= 15 is 0 Å². The summed E-state index contributed by atoms with van der Waals surface area (Å²) in [7, 11) is 0. The first-order valence-corrected chi connectivity index (χ1v) is 9.32. The molecule has 2 heterocycles. The minimum atomic E-state index is -0.250. The van der Waals surface area contributed by atoms with Gasteiger partial charge in [-0.2, -0.15) is 0 Å². The van der Waals surface area contributed by atoms with E-state index in [1.807, 2.05) is 27.7 Å². The van der Waals surface area contributed by atoms with Crippen LogP contribution in [0.4, 0.5) is 0 Å². The predicted molar refractivity (Wildman–Crippen MR) is 91.8 cm³/mol. The highest BCUT2D eigenvalue weighted by molar-refractivity contribution is 8.00. The monoisotopic (exact) mass is 341 g/mol. The van der Waals surface area contributed by atoms with Crippen molar-refractivity contribution in [1.29, 1.82) is 0 Å². The van der Waals surface area contributed by atoms with Crippen LogP contribution >= 0.6 is 23.5 Å². The van der Waals surface area contributed by atoms with E-state index in [4.69, 9.17) is 0 Å². The van der Waals surface area contributed by atoms with Gasteiger partial charge in [-0.15, -0.1) is 11.8 Å². The number of rotatable bonds is 4. The molecule has 1 aliphatic heterocycles. The molecular formula is C15H23N3O2S2. The molecule has 122 valence electrons. The average Bonchev–Trinajstić information content (AvgIpc) is 2.75. The molecule has 1 aromatic heterocycles. The van der Waals surface area contributed by atoms with Crippen LogP contribution < -0.4 is 10.9 Å². The Morgan fingerprint density at radius 2 is 2.18 bits per heavy atom. The Hall–Kier alpha value is -0.950. The van der Waals surface area contributed by atoms with E-state index in [1.165, 1.54) is 11.8 Å². The third kappa shape index (κ3) is 4.07. The van der Waals surface area contributed by atoms with Crippen molar-refractivity contribution in [2.75, 3.05) is 5.75 Å². The number of amides is 1. The van der Waals surface area contributed by atoms with Crippen LogP contribution in [0.5, 0.6) is 0 Å². The van der Waals surface area contributed by atoms with E-state index in [1.54, 1.807) is 16.3 Å². The molecule has 0 spiro atoms. The number of hydrogen-bond acceptors (Lipinski definition) is 5. The molecule has 1 N–H and O–H groups in total. The van der Waals surface area contributed by atoms with Crippen LogP contribution in [-0.2, 0) is 17.8 Å². The minimum Gasteiger partial charge on any atom is -0.351 e. The van der Waals surface area contributed by atoms with Gasteiger partial charge in [0.15, 0.2) is 5.16 Å². The summed E-state index contributed by atoms with van der Waals surface area (Å²) in [6.45, 7) is 10.4. The zero-order chi connectivity index (χ0) is 16.5. The first kappa shape index (κ1) is 17.4. The Kier molecular flexibility index (Phi) is 5.27. The third-order valence-corrected chi connectivity index (χ3v) is 5.32. The van der Waals surface area contributed by atoms with Crippen LogP contribution in [0.3, 0.4) is 0 Å². The van der Waals surface area contributed by atoms with Crippen molar-refractivity contribution in [2.24, 2.45) is 0 Å². The first-order valence-electron chi connectivity index (χ1n) is 7.45. The van der Waals surface area contributed by atoms with Gasteiger partial charge in [0, 0.05) is 23.8 Å². The largest absolute Gasteiger partial charge is 0.351 e. The van der Waals surface area contributed by atoms with E-state index in [2.05, 4.69) is 17.2 Å². The van der Waals surface area contributed by atoms with Crippen molar-refractivity contribution in [3.63, 3.8) is 0 Å². The maximum atomic E-state index is 12.5. The number of fused-ring (bicyclic) bond motifs is 1. The number of hydrogen-bond donors (Lipinski definition) is 1. The molecule has 0 fully saturated rings. The Labute approximate surface area is 139 Å². The standard InChI is InChI=1S/C15H23N3O2S2/c1-6-18-13(20)12-10(7-9(2)22-12)16-14(18)21-8-11(19)17-15(3,4)5/h9H,6-8H2,1-5H3,(H,17,19). The Morgan fingerprint density at radius 1 is 1.50 bits per heavy atom. The summed E-state index contributed by atoms with van der Waals surface area (Å²) < 4.78 is 1.67. The molecule has 1 aromatic rings. The van der Waals surface area contributed by atoms with E-state index in [9.17, 15) is 9.59 Å². The smallest absolute Gasteiger partial charge is 0.268 e. The van der Waals surface area contributed by atoms with Crippen LogP contribution in [-0.4, -0.2) is 32.0 Å². The Balaban J connectivity index is 2.18. The van der Waals surface area contributed by atoms with E-state index in [0.717, 1.165) is 17.0 Å². The molecule has 0 saturated heterocycles. The minimum absolute atomic E-state index is 0.0283. The molecule has 22 heavy (non-hydrogen) atoms. The van der Waals surface area contributed by atoms with Gasteiger partial charge in [-0.1, -0.05) is 18.7 Å². The summed E-state index contributed by atoms with van der Waals surface area (Å²) in [5.41, 5.74) is 0.658. The highest BCUT2D eigenvalue weighted by Gasteiger charge is 2.26. The lowest BCUT2D eigenvalue weighted by Gasteiger charge is -2.20. The van der Waals surface area contributed by atoms with Gasteiger partial charge in [0.25, 0.3) is 5.56 Å². The van der Waals surface area contributed by atoms with E-state index in [-0.39, 0.29) is 22.8 Å². The van der Waals surface area contributed by atoms with Crippen LogP contribution in [0.1, 0.15) is 40.3 Å². The topological polar surface area (TPSA) is 64.0 Å². The van der Waals surface area contributed by atoms with Crippen molar-refractivity contribution >= 4 is 29.4 Å². The fraction of sp³-hybridized carbons (Fsp3) is 0.667. The fourth-order valence-corrected chi connectivity index (χ4v) is 4.30. The highest BCUT2D eigenvalue weighted by Crippen LogP contribution is 2.34. The van der Waals surface area contributed by atoms with Gasteiger partial charge in [0.05, 0.1) is 16.3 Å². The molecule has 0 radical (unpaired) electrons. The second-order valence-electron chi connectivity index (χ2n) is 6.44. The molecule has 1 aliphatic rings. The van der Waals surface area contributed by atoms with Gasteiger partial charge in [0.1, 0.15) is 0 Å². The van der Waals surface area contributed by atoms with Crippen molar-refractivity contribution in [3.05, 3.63) is 16.0 Å². The van der Waals surface area contributed by atoms with Crippen molar-refractivity contribution in [1.82, 2.24) is 14.9 Å². The second-order valence-corrected chi connectivity index (χ2v) is 8.83. The molecule has 5 nitrogen and oxygen atoms in total. The van der Waals surface area contributed by atoms with Crippen molar-refractivity contribution in [3.8, 4) is 0 Å². The number of carbonyl (C=O) groups excluding carboxylic acids is 1. The highest BCUT2D eigenvalue weighted by atomic mass is 32.2. The van der Waals surface area contributed by atoms with Crippen molar-refractivity contribution in [2.45, 2.75) is 68.4 Å². The number of aromatic nitrogens is 2. The molecular weight excluding hydrogens is 318 g/mol. The summed E-state index contributed by atoms with van der Waals surface area (Å²) in [6, 6.07) is 0. The molecule has 0 bridgehead atoms. The SMILES string of the molecule is CCn1c(SCC(=O)NC(C)(C)C)nc2c(c1=O)SC(C)C2. The number of nitrogens with zero attached hydrogens (tertiary/aromatic N) is 2. The van der Waals surface area contributed by atoms with Crippen molar-refractivity contribution < 1.29 is 4.79 Å². The van der Waals surface area contributed by atoms with Gasteiger partial charge in [0.2, 0.25) is 5.91 Å². The molecule has 0 aliphatic carbocycles. The lowest BCUT2D eigenvalue weighted by atomic mass is 10.1. The summed E-state index contributed by atoms with van der Waals surface area (Å²) in [4.78, 5) is 29.9. The Morgan fingerprint density at radius 3 is 2.77 bits per heavy atom. The lowest BCUT2D eigenvalue weighted by molar-refractivity contribution is -0.119. The van der Waals surface area contributed by atoms with E-state index in [0.29, 0.717) is 17.0 Å².